The molecule has 1 aromatic heterocycles. The summed E-state index contributed by atoms with van der Waals surface area (Å²) in [6.07, 6.45) is 2.78. The Hall–Kier alpha value is -3.49. The van der Waals surface area contributed by atoms with E-state index in [1.807, 2.05) is 0 Å². The van der Waals surface area contributed by atoms with Crippen LogP contribution in [0.4, 0.5) is 0 Å². The third-order valence-electron chi connectivity index (χ3n) is 4.70. The summed E-state index contributed by atoms with van der Waals surface area (Å²) < 4.78 is 16.3. The van der Waals surface area contributed by atoms with Crippen LogP contribution in [-0.2, 0) is 4.84 Å². The quantitative estimate of drug-likeness (QED) is 0.376. The molecule has 0 unspecified atom stereocenters. The van der Waals surface area contributed by atoms with Crippen LogP contribution < -0.4 is 14.2 Å². The molecule has 1 fully saturated rings. The van der Waals surface area contributed by atoms with Gasteiger partial charge in [-0.1, -0.05) is 5.16 Å². The summed E-state index contributed by atoms with van der Waals surface area (Å²) in [6.45, 7) is 0. The van der Waals surface area contributed by atoms with Gasteiger partial charge in [-0.15, -0.1) is 0 Å². The molecule has 0 atom stereocenters. The molecule has 1 aromatic carbocycles. The first-order chi connectivity index (χ1) is 14.0. The van der Waals surface area contributed by atoms with E-state index < -0.39 is 5.97 Å². The van der Waals surface area contributed by atoms with Crippen molar-refractivity contribution in [2.24, 2.45) is 11.1 Å². The zero-order valence-electron chi connectivity index (χ0n) is 16.6. The Morgan fingerprint density at radius 1 is 1.10 bits per heavy atom. The molecule has 0 bridgehead atoms. The van der Waals surface area contributed by atoms with Crippen molar-refractivity contribution < 1.29 is 33.7 Å². The lowest BCUT2D eigenvalue weighted by Gasteiger charge is -2.16. The lowest BCUT2D eigenvalue weighted by Crippen LogP contribution is -2.10. The molecule has 1 aliphatic carbocycles. The standard InChI is InChI=1S/C20H22N2O7/c1-26-13-8-7-11(18(27-2)19(13)28-3)14-12(9-21-29-4)22-16(20(24)25)15(14)17(23)10-5-6-10/h7-10,22H,5-6H2,1-4H3,(H,24,25)/b21-9+. The van der Waals surface area contributed by atoms with Gasteiger partial charge in [0.2, 0.25) is 5.75 Å². The van der Waals surface area contributed by atoms with E-state index in [0.29, 0.717) is 34.1 Å². The number of carboxylic acids is 1. The molecule has 1 saturated carbocycles. The van der Waals surface area contributed by atoms with E-state index in [1.54, 1.807) is 12.1 Å². The van der Waals surface area contributed by atoms with Crippen molar-refractivity contribution in [1.82, 2.24) is 4.98 Å². The molecular weight excluding hydrogens is 380 g/mol. The van der Waals surface area contributed by atoms with Gasteiger partial charge in [0, 0.05) is 17.0 Å². The topological polar surface area (TPSA) is 119 Å². The maximum Gasteiger partial charge on any atom is 0.353 e. The van der Waals surface area contributed by atoms with Crippen LogP contribution in [-0.4, -0.2) is 56.5 Å². The molecule has 2 aromatic rings. The van der Waals surface area contributed by atoms with Gasteiger partial charge in [-0.25, -0.2) is 4.79 Å². The lowest BCUT2D eigenvalue weighted by molar-refractivity contribution is 0.0686. The largest absolute Gasteiger partial charge is 0.493 e. The number of H-pyrrole nitrogens is 1. The Morgan fingerprint density at radius 3 is 2.31 bits per heavy atom. The van der Waals surface area contributed by atoms with E-state index in [2.05, 4.69) is 10.1 Å². The molecule has 0 amide bonds. The van der Waals surface area contributed by atoms with Gasteiger partial charge < -0.3 is 29.1 Å². The number of aromatic nitrogens is 1. The maximum absolute atomic E-state index is 13.0. The number of carbonyl (C=O) groups excluding carboxylic acids is 1. The predicted octanol–water partition coefficient (Wildman–Crippen LogP) is 2.98. The van der Waals surface area contributed by atoms with E-state index >= 15 is 0 Å². The Morgan fingerprint density at radius 2 is 1.79 bits per heavy atom. The zero-order chi connectivity index (χ0) is 21.1. The molecule has 1 heterocycles. The number of Topliss-reactive ketones (excluding diaryl/α,β-unsaturated/α-hetero) is 1. The molecule has 9 nitrogen and oxygen atoms in total. The number of hydrogen-bond acceptors (Lipinski definition) is 7. The molecule has 2 N–H and O–H groups in total. The van der Waals surface area contributed by atoms with Crippen LogP contribution in [0.25, 0.3) is 11.1 Å². The Balaban J connectivity index is 2.37. The van der Waals surface area contributed by atoms with Crippen molar-refractivity contribution in [1.29, 1.82) is 0 Å². The number of nitrogens with one attached hydrogen (secondary N) is 1. The highest BCUT2D eigenvalue weighted by molar-refractivity contribution is 6.15. The van der Waals surface area contributed by atoms with Gasteiger partial charge in [-0.2, -0.15) is 0 Å². The Labute approximate surface area is 167 Å². The fourth-order valence-corrected chi connectivity index (χ4v) is 3.26. The normalized spacial score (nSPS) is 13.4. The minimum absolute atomic E-state index is 0.0862. The maximum atomic E-state index is 13.0. The van der Waals surface area contributed by atoms with Gasteiger partial charge in [0.1, 0.15) is 12.8 Å². The van der Waals surface area contributed by atoms with Gasteiger partial charge in [0.05, 0.1) is 38.8 Å². The third kappa shape index (κ3) is 3.63. The number of ketones is 1. The molecule has 29 heavy (non-hydrogen) atoms. The SMILES string of the molecule is CO/N=C/c1[nH]c(C(=O)O)c(C(=O)C2CC2)c1-c1ccc(OC)c(OC)c1OC. The predicted molar refractivity (Wildman–Crippen MR) is 105 cm³/mol. The minimum Gasteiger partial charge on any atom is -0.493 e. The summed E-state index contributed by atoms with van der Waals surface area (Å²) in [5, 5.41) is 13.4. The van der Waals surface area contributed by atoms with Crippen LogP contribution in [0.1, 0.15) is 39.4 Å². The average molecular weight is 402 g/mol. The monoisotopic (exact) mass is 402 g/mol. The first-order valence-corrected chi connectivity index (χ1v) is 8.87. The van der Waals surface area contributed by atoms with Crippen molar-refractivity contribution in [3.05, 3.63) is 29.1 Å². The molecular formula is C20H22N2O7. The van der Waals surface area contributed by atoms with E-state index in [-0.39, 0.29) is 23.0 Å². The van der Waals surface area contributed by atoms with Gasteiger partial charge >= 0.3 is 5.97 Å². The smallest absolute Gasteiger partial charge is 0.353 e. The number of hydrogen-bond donors (Lipinski definition) is 2. The van der Waals surface area contributed by atoms with Crippen LogP contribution in [0, 0.1) is 5.92 Å². The first-order valence-electron chi connectivity index (χ1n) is 8.87. The number of carboxylic acid groups (broad SMARTS) is 1. The molecule has 9 heteroatoms. The van der Waals surface area contributed by atoms with Crippen LogP contribution in [0.15, 0.2) is 17.3 Å². The molecule has 0 saturated heterocycles. The number of aromatic carboxylic acids is 1. The summed E-state index contributed by atoms with van der Waals surface area (Å²) in [4.78, 5) is 32.5. The summed E-state index contributed by atoms with van der Waals surface area (Å²) >= 11 is 0. The number of nitrogens with zero attached hydrogens (tertiary/aromatic N) is 1. The minimum atomic E-state index is -1.24. The number of aromatic amines is 1. The fraction of sp³-hybridized carbons (Fsp3) is 0.350. The number of oxime groups is 1. The molecule has 3 rings (SSSR count). The number of rotatable bonds is 9. The van der Waals surface area contributed by atoms with Crippen molar-refractivity contribution in [3.8, 4) is 28.4 Å². The van der Waals surface area contributed by atoms with Crippen LogP contribution in [0.2, 0.25) is 0 Å². The second kappa shape index (κ2) is 8.26. The van der Waals surface area contributed by atoms with E-state index in [4.69, 9.17) is 19.0 Å². The molecule has 0 spiro atoms. The van der Waals surface area contributed by atoms with E-state index in [1.165, 1.54) is 34.7 Å². The molecule has 0 radical (unpaired) electrons. The highest BCUT2D eigenvalue weighted by Crippen LogP contribution is 2.47. The van der Waals surface area contributed by atoms with Gasteiger partial charge in [-0.3, -0.25) is 4.79 Å². The lowest BCUT2D eigenvalue weighted by atomic mass is 9.94. The first kappa shape index (κ1) is 20.2. The van der Waals surface area contributed by atoms with Crippen LogP contribution >= 0.6 is 0 Å². The van der Waals surface area contributed by atoms with E-state index in [9.17, 15) is 14.7 Å². The molecule has 1 aliphatic rings. The number of methoxy groups -OCH3 is 3. The number of ether oxygens (including phenoxy) is 3. The van der Waals surface area contributed by atoms with Crippen LogP contribution in [0.5, 0.6) is 17.2 Å². The molecule has 154 valence electrons. The highest BCUT2D eigenvalue weighted by Gasteiger charge is 2.37. The summed E-state index contributed by atoms with van der Waals surface area (Å²) in [5.74, 6) is -0.607. The Bertz CT molecular complexity index is 974. The zero-order valence-corrected chi connectivity index (χ0v) is 16.6. The Kier molecular flexibility index (Phi) is 5.76. The summed E-state index contributed by atoms with van der Waals surface area (Å²) in [7, 11) is 5.78. The van der Waals surface area contributed by atoms with Crippen LogP contribution in [0.3, 0.4) is 0 Å². The average Bonchev–Trinajstić information content (AvgIpc) is 3.50. The van der Waals surface area contributed by atoms with Crippen molar-refractivity contribution in [3.63, 3.8) is 0 Å². The summed E-state index contributed by atoms with van der Waals surface area (Å²) in [6, 6.07) is 3.34. The third-order valence-corrected chi connectivity index (χ3v) is 4.70. The van der Waals surface area contributed by atoms with Crippen molar-refractivity contribution in [2.45, 2.75) is 12.8 Å². The van der Waals surface area contributed by atoms with Gasteiger partial charge in [0.25, 0.3) is 0 Å². The van der Waals surface area contributed by atoms with Gasteiger partial charge in [-0.05, 0) is 25.0 Å². The number of carbonyl (C=O) groups is 2. The summed E-state index contributed by atoms with van der Waals surface area (Å²) in [5.41, 5.74) is 1.02. The highest BCUT2D eigenvalue weighted by atomic mass is 16.6. The van der Waals surface area contributed by atoms with Gasteiger partial charge in [0.15, 0.2) is 17.3 Å². The second-order valence-corrected chi connectivity index (χ2v) is 6.41. The number of benzene rings is 1. The second-order valence-electron chi connectivity index (χ2n) is 6.41. The van der Waals surface area contributed by atoms with E-state index in [0.717, 1.165) is 12.8 Å². The van der Waals surface area contributed by atoms with Crippen molar-refractivity contribution in [2.75, 3.05) is 28.4 Å². The van der Waals surface area contributed by atoms with Crippen molar-refractivity contribution >= 4 is 18.0 Å². The molecule has 0 aliphatic heterocycles. The fourth-order valence-electron chi connectivity index (χ4n) is 3.26.